The van der Waals surface area contributed by atoms with E-state index in [1.54, 1.807) is 0 Å². The first-order valence-corrected chi connectivity index (χ1v) is 6.98. The third-order valence-corrected chi connectivity index (χ3v) is 3.81. The number of aryl methyl sites for hydroxylation is 2. The van der Waals surface area contributed by atoms with Crippen molar-refractivity contribution in [2.24, 2.45) is 5.92 Å². The molecule has 1 nitrogen and oxygen atoms in total. The molecule has 0 aliphatic rings. The van der Waals surface area contributed by atoms with Crippen molar-refractivity contribution in [1.29, 1.82) is 0 Å². The van der Waals surface area contributed by atoms with Crippen molar-refractivity contribution in [3.05, 3.63) is 34.9 Å². The van der Waals surface area contributed by atoms with Gasteiger partial charge in [-0.25, -0.2) is 0 Å². The fourth-order valence-electron chi connectivity index (χ4n) is 1.71. The average molecular weight is 238 g/mol. The van der Waals surface area contributed by atoms with Gasteiger partial charge < -0.3 is 5.11 Å². The van der Waals surface area contributed by atoms with E-state index in [0.717, 1.165) is 17.1 Å². The minimum Gasteiger partial charge on any atom is -0.388 e. The molecule has 0 saturated heterocycles. The van der Waals surface area contributed by atoms with Gasteiger partial charge in [0.15, 0.2) is 0 Å². The highest BCUT2D eigenvalue weighted by Gasteiger charge is 2.08. The van der Waals surface area contributed by atoms with E-state index in [-0.39, 0.29) is 6.10 Å². The summed E-state index contributed by atoms with van der Waals surface area (Å²) in [6, 6.07) is 6.29. The van der Waals surface area contributed by atoms with Crippen molar-refractivity contribution < 1.29 is 5.11 Å². The van der Waals surface area contributed by atoms with Crippen LogP contribution in [-0.4, -0.2) is 16.6 Å². The average Bonchev–Trinajstić information content (AvgIpc) is 2.15. The first kappa shape index (κ1) is 13.6. The van der Waals surface area contributed by atoms with E-state index in [4.69, 9.17) is 0 Å². The highest BCUT2D eigenvalue weighted by molar-refractivity contribution is 7.99. The second-order valence-electron chi connectivity index (χ2n) is 4.87. The summed E-state index contributed by atoms with van der Waals surface area (Å²) in [4.78, 5) is 0. The van der Waals surface area contributed by atoms with Crippen LogP contribution < -0.4 is 0 Å². The van der Waals surface area contributed by atoms with Crippen molar-refractivity contribution in [1.82, 2.24) is 0 Å². The molecule has 1 aromatic rings. The van der Waals surface area contributed by atoms with E-state index < -0.39 is 0 Å². The van der Waals surface area contributed by atoms with Gasteiger partial charge in [-0.05, 0) is 31.1 Å². The fraction of sp³-hybridized carbons (Fsp3) is 0.571. The van der Waals surface area contributed by atoms with Crippen molar-refractivity contribution in [3.8, 4) is 0 Å². The van der Waals surface area contributed by atoms with Gasteiger partial charge in [-0.2, -0.15) is 11.8 Å². The van der Waals surface area contributed by atoms with E-state index in [0.29, 0.717) is 5.92 Å². The summed E-state index contributed by atoms with van der Waals surface area (Å²) in [5.74, 6) is 2.60. The predicted octanol–water partition coefficient (Wildman–Crippen LogP) is 3.73. The second kappa shape index (κ2) is 6.31. The Balaban J connectivity index is 2.55. The monoisotopic (exact) mass is 238 g/mol. The van der Waals surface area contributed by atoms with Crippen LogP contribution in [-0.2, 0) is 0 Å². The molecule has 1 unspecified atom stereocenters. The number of hydrogen-bond donors (Lipinski definition) is 1. The zero-order valence-corrected chi connectivity index (χ0v) is 11.5. The molecule has 0 spiro atoms. The molecule has 0 aliphatic heterocycles. The van der Waals surface area contributed by atoms with Crippen molar-refractivity contribution >= 4 is 11.8 Å². The lowest BCUT2D eigenvalue weighted by Crippen LogP contribution is -2.03. The first-order valence-electron chi connectivity index (χ1n) is 5.83. The van der Waals surface area contributed by atoms with E-state index in [1.807, 2.05) is 11.8 Å². The van der Waals surface area contributed by atoms with E-state index in [2.05, 4.69) is 45.9 Å². The fourth-order valence-corrected chi connectivity index (χ4v) is 2.74. The molecule has 0 bridgehead atoms. The quantitative estimate of drug-likeness (QED) is 0.843. The lowest BCUT2D eigenvalue weighted by Gasteiger charge is -2.13. The Morgan fingerprint density at radius 2 is 1.62 bits per heavy atom. The highest BCUT2D eigenvalue weighted by atomic mass is 32.2. The lowest BCUT2D eigenvalue weighted by atomic mass is 10.0. The normalized spacial score (nSPS) is 13.1. The molecule has 0 amide bonds. The molecule has 0 saturated carbocycles. The standard InChI is InChI=1S/C14H22OS/c1-10(2)8-16-9-14(15)13-6-11(3)5-12(4)7-13/h5-7,10,14-15H,8-9H2,1-4H3. The van der Waals surface area contributed by atoms with Crippen LogP contribution in [0.5, 0.6) is 0 Å². The number of hydrogen-bond acceptors (Lipinski definition) is 2. The third kappa shape index (κ3) is 4.58. The van der Waals surface area contributed by atoms with Crippen LogP contribution in [0.1, 0.15) is 36.6 Å². The van der Waals surface area contributed by atoms with Crippen molar-refractivity contribution in [2.75, 3.05) is 11.5 Å². The summed E-state index contributed by atoms with van der Waals surface area (Å²) in [6.07, 6.45) is -0.331. The van der Waals surface area contributed by atoms with Crippen molar-refractivity contribution in [3.63, 3.8) is 0 Å². The summed E-state index contributed by atoms with van der Waals surface area (Å²) in [7, 11) is 0. The Morgan fingerprint density at radius 1 is 1.06 bits per heavy atom. The predicted molar refractivity (Wildman–Crippen MR) is 73.0 cm³/mol. The molecule has 90 valence electrons. The first-order chi connectivity index (χ1) is 7.49. The largest absolute Gasteiger partial charge is 0.388 e. The van der Waals surface area contributed by atoms with Crippen LogP contribution in [0.4, 0.5) is 0 Å². The van der Waals surface area contributed by atoms with Gasteiger partial charge in [-0.15, -0.1) is 0 Å². The summed E-state index contributed by atoms with van der Waals surface area (Å²) < 4.78 is 0. The molecule has 0 heterocycles. The maximum absolute atomic E-state index is 10.1. The van der Waals surface area contributed by atoms with Crippen molar-refractivity contribution in [2.45, 2.75) is 33.8 Å². The molecule has 1 atom stereocenters. The number of benzene rings is 1. The van der Waals surface area contributed by atoms with Gasteiger partial charge >= 0.3 is 0 Å². The molecule has 1 aromatic carbocycles. The number of aliphatic hydroxyl groups is 1. The lowest BCUT2D eigenvalue weighted by molar-refractivity contribution is 0.204. The van der Waals surface area contributed by atoms with E-state index in [9.17, 15) is 5.11 Å². The Morgan fingerprint density at radius 3 is 2.12 bits per heavy atom. The number of thioether (sulfide) groups is 1. The van der Waals surface area contributed by atoms with Gasteiger partial charge in [-0.1, -0.05) is 43.2 Å². The topological polar surface area (TPSA) is 20.2 Å². The third-order valence-electron chi connectivity index (χ3n) is 2.36. The summed E-state index contributed by atoms with van der Waals surface area (Å²) in [5.41, 5.74) is 3.50. The van der Waals surface area contributed by atoms with Gasteiger partial charge in [-0.3, -0.25) is 0 Å². The molecule has 1 rings (SSSR count). The van der Waals surface area contributed by atoms with Crippen LogP contribution in [0.3, 0.4) is 0 Å². The van der Waals surface area contributed by atoms with E-state index in [1.165, 1.54) is 11.1 Å². The van der Waals surface area contributed by atoms with Crippen LogP contribution in [0, 0.1) is 19.8 Å². The molecule has 0 aromatic heterocycles. The smallest absolute Gasteiger partial charge is 0.0880 e. The second-order valence-corrected chi connectivity index (χ2v) is 5.94. The Hall–Kier alpha value is -0.470. The van der Waals surface area contributed by atoms with Gasteiger partial charge in [0.05, 0.1) is 6.10 Å². The van der Waals surface area contributed by atoms with Crippen LogP contribution in [0.2, 0.25) is 0 Å². The maximum Gasteiger partial charge on any atom is 0.0880 e. The molecule has 1 N–H and O–H groups in total. The molecule has 0 radical (unpaired) electrons. The zero-order valence-electron chi connectivity index (χ0n) is 10.7. The summed E-state index contributed by atoms with van der Waals surface area (Å²) >= 11 is 1.83. The Labute approximate surface area is 103 Å². The number of aliphatic hydroxyl groups excluding tert-OH is 1. The summed E-state index contributed by atoms with van der Waals surface area (Å²) in [5, 5.41) is 10.1. The number of rotatable bonds is 5. The van der Waals surface area contributed by atoms with Gasteiger partial charge in [0.25, 0.3) is 0 Å². The molecule has 0 fully saturated rings. The summed E-state index contributed by atoms with van der Waals surface area (Å²) in [6.45, 7) is 8.56. The Bertz CT molecular complexity index is 313. The maximum atomic E-state index is 10.1. The Kier molecular flexibility index (Phi) is 5.36. The molecule has 16 heavy (non-hydrogen) atoms. The van der Waals surface area contributed by atoms with Gasteiger partial charge in [0, 0.05) is 5.75 Å². The molecular weight excluding hydrogens is 216 g/mol. The minimum atomic E-state index is -0.331. The molecular formula is C14H22OS. The van der Waals surface area contributed by atoms with Gasteiger partial charge in [0.2, 0.25) is 0 Å². The SMILES string of the molecule is Cc1cc(C)cc(C(O)CSCC(C)C)c1. The van der Waals surface area contributed by atoms with Crippen LogP contribution in [0.15, 0.2) is 18.2 Å². The van der Waals surface area contributed by atoms with Crippen LogP contribution in [0.25, 0.3) is 0 Å². The highest BCUT2D eigenvalue weighted by Crippen LogP contribution is 2.21. The van der Waals surface area contributed by atoms with E-state index >= 15 is 0 Å². The van der Waals surface area contributed by atoms with Gasteiger partial charge in [0.1, 0.15) is 0 Å². The molecule has 0 aliphatic carbocycles. The molecule has 2 heteroatoms. The van der Waals surface area contributed by atoms with Crippen LogP contribution >= 0.6 is 11.8 Å². The minimum absolute atomic E-state index is 0.331. The zero-order chi connectivity index (χ0) is 12.1.